The number of rotatable bonds is 4. The Morgan fingerprint density at radius 3 is 2.60 bits per heavy atom. The van der Waals surface area contributed by atoms with Gasteiger partial charge < -0.3 is 0 Å². The fraction of sp³-hybridized carbons (Fsp3) is 0.333. The van der Waals surface area contributed by atoms with Crippen molar-refractivity contribution in [2.24, 2.45) is 0 Å². The number of nitrogens with zero attached hydrogens (tertiary/aromatic N) is 3. The number of aromatic nitrogens is 3. The molecule has 0 fully saturated rings. The molecule has 0 aliphatic rings. The number of aryl methyl sites for hydroxylation is 1. The van der Waals surface area contributed by atoms with Crippen LogP contribution in [0.3, 0.4) is 0 Å². The van der Waals surface area contributed by atoms with E-state index in [0.29, 0.717) is 24.1 Å². The third kappa shape index (κ3) is 2.83. The molecule has 2 rings (SSSR count). The lowest BCUT2D eigenvalue weighted by Gasteiger charge is -2.08. The number of halogens is 2. The van der Waals surface area contributed by atoms with E-state index in [-0.39, 0.29) is 16.8 Å². The van der Waals surface area contributed by atoms with Crippen LogP contribution in [0.25, 0.3) is 11.4 Å². The lowest BCUT2D eigenvalue weighted by atomic mass is 10.1. The Hall–Kier alpha value is -1.47. The van der Waals surface area contributed by atoms with Crippen LogP contribution in [-0.2, 0) is 15.6 Å². The average molecular weight is 318 g/mol. The van der Waals surface area contributed by atoms with E-state index in [9.17, 15) is 12.8 Å². The van der Waals surface area contributed by atoms with Crippen molar-refractivity contribution in [2.75, 3.05) is 0 Å². The van der Waals surface area contributed by atoms with E-state index < -0.39 is 9.05 Å². The molecule has 0 unspecified atom stereocenters. The van der Waals surface area contributed by atoms with E-state index in [2.05, 4.69) is 10.2 Å². The molecule has 1 heterocycles. The molecular formula is C12H13ClFN3O2S. The predicted octanol–water partition coefficient (Wildman–Crippen LogP) is 2.73. The molecule has 0 atom stereocenters. The summed E-state index contributed by atoms with van der Waals surface area (Å²) in [7, 11) is 1.34. The van der Waals surface area contributed by atoms with Gasteiger partial charge in [0.1, 0.15) is 5.82 Å². The maximum atomic E-state index is 13.6. The van der Waals surface area contributed by atoms with Gasteiger partial charge in [-0.15, -0.1) is 10.2 Å². The van der Waals surface area contributed by atoms with Gasteiger partial charge >= 0.3 is 0 Å². The van der Waals surface area contributed by atoms with E-state index in [1.54, 1.807) is 19.1 Å². The summed E-state index contributed by atoms with van der Waals surface area (Å²) in [5, 5.41) is 7.11. The van der Waals surface area contributed by atoms with Crippen molar-refractivity contribution < 1.29 is 12.8 Å². The molecule has 5 nitrogen and oxygen atoms in total. The van der Waals surface area contributed by atoms with Crippen LogP contribution in [0.5, 0.6) is 0 Å². The van der Waals surface area contributed by atoms with Crippen LogP contribution in [0, 0.1) is 12.7 Å². The Morgan fingerprint density at radius 1 is 1.35 bits per heavy atom. The van der Waals surface area contributed by atoms with Crippen LogP contribution >= 0.6 is 10.7 Å². The molecule has 0 aliphatic carbocycles. The van der Waals surface area contributed by atoms with Crippen molar-refractivity contribution in [1.82, 2.24) is 14.8 Å². The monoisotopic (exact) mass is 317 g/mol. The highest BCUT2D eigenvalue weighted by atomic mass is 35.7. The molecule has 0 amide bonds. The van der Waals surface area contributed by atoms with Gasteiger partial charge in [0, 0.05) is 22.8 Å². The number of hydrogen-bond acceptors (Lipinski definition) is 4. The van der Waals surface area contributed by atoms with Crippen molar-refractivity contribution in [3.8, 4) is 11.4 Å². The molecule has 20 heavy (non-hydrogen) atoms. The van der Waals surface area contributed by atoms with Gasteiger partial charge in [-0.25, -0.2) is 12.8 Å². The summed E-state index contributed by atoms with van der Waals surface area (Å²) in [6.45, 7) is 3.90. The maximum absolute atomic E-state index is 13.6. The first kappa shape index (κ1) is 14.9. The summed E-state index contributed by atoms with van der Waals surface area (Å²) in [5.41, 5.74) is 0.959. The summed E-state index contributed by atoms with van der Waals surface area (Å²) in [4.78, 5) is 0. The summed E-state index contributed by atoms with van der Waals surface area (Å²) in [5.74, 6) is -0.103. The van der Waals surface area contributed by atoms with Crippen LogP contribution < -0.4 is 0 Å². The van der Waals surface area contributed by atoms with Crippen LogP contribution in [0.1, 0.15) is 18.9 Å². The summed E-state index contributed by atoms with van der Waals surface area (Å²) in [6.07, 6.45) is 0.665. The van der Waals surface area contributed by atoms with Crippen LogP contribution in [0.15, 0.2) is 23.4 Å². The van der Waals surface area contributed by atoms with Crippen molar-refractivity contribution >= 4 is 19.7 Å². The van der Waals surface area contributed by atoms with Gasteiger partial charge in [-0.05, 0) is 25.0 Å². The zero-order chi connectivity index (χ0) is 14.9. The molecule has 0 spiro atoms. The van der Waals surface area contributed by atoms with Crippen molar-refractivity contribution in [2.45, 2.75) is 32.0 Å². The summed E-state index contributed by atoms with van der Waals surface area (Å²) in [6, 6.07) is 4.57. The smallest absolute Gasteiger partial charge is 0.296 e. The van der Waals surface area contributed by atoms with Crippen LogP contribution in [-0.4, -0.2) is 23.2 Å². The Kier molecular flexibility index (Phi) is 4.10. The molecule has 0 radical (unpaired) electrons. The molecule has 108 valence electrons. The van der Waals surface area contributed by atoms with Gasteiger partial charge in [-0.3, -0.25) is 4.57 Å². The largest absolute Gasteiger partial charge is 0.297 e. The molecular weight excluding hydrogens is 305 g/mol. The fourth-order valence-corrected chi connectivity index (χ4v) is 2.76. The van der Waals surface area contributed by atoms with Crippen molar-refractivity contribution in [3.05, 3.63) is 29.6 Å². The zero-order valence-electron chi connectivity index (χ0n) is 11.0. The molecule has 8 heteroatoms. The third-order valence-corrected chi connectivity index (χ3v) is 3.96. The second-order valence-electron chi connectivity index (χ2n) is 4.36. The SMILES string of the molecule is CCCn1c(-c2ccc(C)c(F)c2)nnc1S(=O)(=O)Cl. The van der Waals surface area contributed by atoms with E-state index >= 15 is 0 Å². The maximum Gasteiger partial charge on any atom is 0.296 e. The van der Waals surface area contributed by atoms with Gasteiger partial charge in [-0.1, -0.05) is 19.1 Å². The molecule has 0 saturated heterocycles. The topological polar surface area (TPSA) is 64.8 Å². The highest BCUT2D eigenvalue weighted by molar-refractivity contribution is 8.13. The Balaban J connectivity index is 2.62. The quantitative estimate of drug-likeness (QED) is 0.813. The van der Waals surface area contributed by atoms with Gasteiger partial charge in [0.15, 0.2) is 5.82 Å². The summed E-state index contributed by atoms with van der Waals surface area (Å²) < 4.78 is 37.9. The van der Waals surface area contributed by atoms with Gasteiger partial charge in [0.25, 0.3) is 14.2 Å². The standard InChI is InChI=1S/C12H13ClFN3O2S/c1-3-6-17-11(15-16-12(17)20(13,18)19)9-5-4-8(2)10(14)7-9/h4-5,7H,3,6H2,1-2H3. The Labute approximate surface area is 120 Å². The Bertz CT molecular complexity index is 743. The second kappa shape index (κ2) is 5.49. The Morgan fingerprint density at radius 2 is 2.05 bits per heavy atom. The van der Waals surface area contributed by atoms with Crippen LogP contribution in [0.4, 0.5) is 4.39 Å². The van der Waals surface area contributed by atoms with E-state index in [1.165, 1.54) is 10.6 Å². The molecule has 0 saturated carbocycles. The first-order valence-corrected chi connectivity index (χ1v) is 8.30. The normalized spacial score (nSPS) is 11.8. The first-order chi connectivity index (χ1) is 9.34. The predicted molar refractivity (Wildman–Crippen MR) is 73.5 cm³/mol. The minimum absolute atomic E-state index is 0.282. The molecule has 0 bridgehead atoms. The molecule has 1 aromatic carbocycles. The number of benzene rings is 1. The molecule has 0 aliphatic heterocycles. The second-order valence-corrected chi connectivity index (χ2v) is 6.82. The van der Waals surface area contributed by atoms with E-state index in [1.807, 2.05) is 6.92 Å². The number of hydrogen-bond donors (Lipinski definition) is 0. The average Bonchev–Trinajstić information content (AvgIpc) is 2.77. The molecule has 2 aromatic rings. The van der Waals surface area contributed by atoms with Crippen molar-refractivity contribution in [1.29, 1.82) is 0 Å². The minimum atomic E-state index is -3.99. The van der Waals surface area contributed by atoms with Gasteiger partial charge in [-0.2, -0.15) is 0 Å². The van der Waals surface area contributed by atoms with Crippen LogP contribution in [0.2, 0.25) is 0 Å². The zero-order valence-corrected chi connectivity index (χ0v) is 12.5. The van der Waals surface area contributed by atoms with E-state index in [0.717, 1.165) is 0 Å². The minimum Gasteiger partial charge on any atom is -0.297 e. The van der Waals surface area contributed by atoms with Gasteiger partial charge in [0.2, 0.25) is 0 Å². The molecule has 0 N–H and O–H groups in total. The highest BCUT2D eigenvalue weighted by Crippen LogP contribution is 2.24. The van der Waals surface area contributed by atoms with Crippen molar-refractivity contribution in [3.63, 3.8) is 0 Å². The molecule has 1 aromatic heterocycles. The lowest BCUT2D eigenvalue weighted by Crippen LogP contribution is -2.07. The fourth-order valence-electron chi connectivity index (χ4n) is 1.84. The first-order valence-electron chi connectivity index (χ1n) is 5.99. The third-order valence-electron chi connectivity index (χ3n) is 2.81. The van der Waals surface area contributed by atoms with E-state index in [4.69, 9.17) is 10.7 Å². The van der Waals surface area contributed by atoms with Gasteiger partial charge in [0.05, 0.1) is 0 Å². The highest BCUT2D eigenvalue weighted by Gasteiger charge is 2.23. The lowest BCUT2D eigenvalue weighted by molar-refractivity contribution is 0.569. The summed E-state index contributed by atoms with van der Waals surface area (Å²) >= 11 is 0.